The van der Waals surface area contributed by atoms with E-state index in [4.69, 9.17) is 4.74 Å². The number of carbonyl (C=O) groups is 1. The molecule has 1 aliphatic heterocycles. The maximum absolute atomic E-state index is 12.1. The van der Waals surface area contributed by atoms with Crippen molar-refractivity contribution in [2.24, 2.45) is 0 Å². The Bertz CT molecular complexity index is 689. The van der Waals surface area contributed by atoms with Gasteiger partial charge in [0.05, 0.1) is 19.0 Å². The highest BCUT2D eigenvalue weighted by molar-refractivity contribution is 8.01. The summed E-state index contributed by atoms with van der Waals surface area (Å²) >= 11 is 4.58. The lowest BCUT2D eigenvalue weighted by Gasteiger charge is -2.25. The predicted octanol–water partition coefficient (Wildman–Crippen LogP) is 2.83. The third kappa shape index (κ3) is 4.85. The fourth-order valence-electron chi connectivity index (χ4n) is 2.17. The summed E-state index contributed by atoms with van der Waals surface area (Å²) in [6.07, 6.45) is 2.01. The van der Waals surface area contributed by atoms with Crippen LogP contribution >= 0.6 is 34.9 Å². The third-order valence-corrected chi connectivity index (χ3v) is 6.20. The van der Waals surface area contributed by atoms with E-state index in [0.29, 0.717) is 5.75 Å². The van der Waals surface area contributed by atoms with Gasteiger partial charge in [-0.05, 0) is 24.5 Å². The Hall–Kier alpha value is -1.29. The molecule has 2 heterocycles. The largest absolute Gasteiger partial charge is 0.378 e. The number of amides is 1. The summed E-state index contributed by atoms with van der Waals surface area (Å²) < 4.78 is 6.14. The van der Waals surface area contributed by atoms with E-state index >= 15 is 0 Å². The molecule has 1 aliphatic rings. The number of nitrogens with one attached hydrogen (secondary N) is 1. The first-order chi connectivity index (χ1) is 11.7. The fourth-order valence-corrected chi connectivity index (χ4v) is 4.32. The molecule has 24 heavy (non-hydrogen) atoms. The van der Waals surface area contributed by atoms with Crippen LogP contribution in [0.3, 0.4) is 0 Å². The minimum Gasteiger partial charge on any atom is -0.378 e. The molecule has 0 radical (unpaired) electrons. The number of carbonyl (C=O) groups excluding carboxylic acids is 1. The second-order valence-electron chi connectivity index (χ2n) is 5.02. The van der Waals surface area contributed by atoms with Gasteiger partial charge in [0.15, 0.2) is 4.34 Å². The average molecular weight is 383 g/mol. The zero-order valence-electron chi connectivity index (χ0n) is 13.2. The second-order valence-corrected chi connectivity index (χ2v) is 8.08. The van der Waals surface area contributed by atoms with Crippen molar-refractivity contribution in [1.29, 1.82) is 0 Å². The minimum absolute atomic E-state index is 0.0404. The molecule has 1 aromatic heterocycles. The number of anilines is 2. The van der Waals surface area contributed by atoms with E-state index in [9.17, 15) is 4.79 Å². The lowest BCUT2D eigenvalue weighted by molar-refractivity contribution is -0.113. The molecule has 0 saturated carbocycles. The molecule has 6 nitrogen and oxygen atoms in total. The first kappa shape index (κ1) is 17.5. The van der Waals surface area contributed by atoms with Crippen molar-refractivity contribution in [3.8, 4) is 0 Å². The predicted molar refractivity (Wildman–Crippen MR) is 101 cm³/mol. The van der Waals surface area contributed by atoms with Crippen LogP contribution in [-0.4, -0.2) is 54.4 Å². The maximum atomic E-state index is 12.1. The molecule has 2 aromatic rings. The first-order valence-electron chi connectivity index (χ1n) is 7.47. The van der Waals surface area contributed by atoms with E-state index in [1.165, 1.54) is 23.1 Å². The van der Waals surface area contributed by atoms with Gasteiger partial charge in [0.2, 0.25) is 11.0 Å². The van der Waals surface area contributed by atoms with Gasteiger partial charge in [0, 0.05) is 23.7 Å². The molecule has 1 N–H and O–H groups in total. The normalized spacial score (nSPS) is 14.6. The van der Waals surface area contributed by atoms with Crippen LogP contribution in [0.1, 0.15) is 0 Å². The number of aromatic nitrogens is 2. The quantitative estimate of drug-likeness (QED) is 0.771. The zero-order valence-corrected chi connectivity index (χ0v) is 15.7. The smallest absolute Gasteiger partial charge is 0.234 e. The Morgan fingerprint density at radius 1 is 1.38 bits per heavy atom. The molecule has 0 spiro atoms. The number of hydrogen-bond acceptors (Lipinski definition) is 8. The van der Waals surface area contributed by atoms with E-state index < -0.39 is 0 Å². The molecule has 0 aliphatic carbocycles. The summed E-state index contributed by atoms with van der Waals surface area (Å²) in [7, 11) is 0. The molecular formula is C15H18N4O2S3. The molecule has 0 atom stereocenters. The van der Waals surface area contributed by atoms with Crippen molar-refractivity contribution in [2.45, 2.75) is 9.24 Å². The van der Waals surface area contributed by atoms with Crippen molar-refractivity contribution in [3.05, 3.63) is 24.3 Å². The zero-order chi connectivity index (χ0) is 16.8. The van der Waals surface area contributed by atoms with Gasteiger partial charge in [-0.25, -0.2) is 0 Å². The number of morpholine rings is 1. The van der Waals surface area contributed by atoms with Gasteiger partial charge >= 0.3 is 0 Å². The maximum Gasteiger partial charge on any atom is 0.234 e. The average Bonchev–Trinajstić information content (AvgIpc) is 3.10. The molecule has 9 heteroatoms. The Morgan fingerprint density at radius 2 is 2.21 bits per heavy atom. The van der Waals surface area contributed by atoms with Gasteiger partial charge in [-0.3, -0.25) is 4.79 Å². The Balaban J connectivity index is 1.50. The summed E-state index contributed by atoms with van der Waals surface area (Å²) in [5.41, 5.74) is 0.818. The van der Waals surface area contributed by atoms with Crippen LogP contribution in [0.15, 0.2) is 33.5 Å². The third-order valence-electron chi connectivity index (χ3n) is 3.36. The second kappa shape index (κ2) is 8.70. The van der Waals surface area contributed by atoms with E-state index in [-0.39, 0.29) is 5.91 Å². The number of nitrogens with zero attached hydrogens (tertiary/aromatic N) is 3. The molecule has 0 unspecified atom stereocenters. The highest BCUT2D eigenvalue weighted by Gasteiger charge is 2.16. The summed E-state index contributed by atoms with van der Waals surface area (Å²) in [5.74, 6) is 0.280. The van der Waals surface area contributed by atoms with Crippen LogP contribution in [0.2, 0.25) is 0 Å². The molecular weight excluding hydrogens is 364 g/mol. The molecule has 1 saturated heterocycles. The van der Waals surface area contributed by atoms with Crippen molar-refractivity contribution >= 4 is 51.6 Å². The first-order valence-corrected chi connectivity index (χ1v) is 10.5. The topological polar surface area (TPSA) is 67.4 Å². The minimum atomic E-state index is -0.0404. The highest BCUT2D eigenvalue weighted by atomic mass is 32.2. The number of thioether (sulfide) groups is 2. The fraction of sp³-hybridized carbons (Fsp3) is 0.400. The Labute approximate surface area is 153 Å². The van der Waals surface area contributed by atoms with Gasteiger partial charge in [-0.1, -0.05) is 29.2 Å². The van der Waals surface area contributed by atoms with Crippen LogP contribution < -0.4 is 10.2 Å². The van der Waals surface area contributed by atoms with Crippen LogP contribution in [0.5, 0.6) is 0 Å². The van der Waals surface area contributed by atoms with E-state index in [0.717, 1.165) is 46.4 Å². The van der Waals surface area contributed by atoms with E-state index in [2.05, 4.69) is 20.4 Å². The van der Waals surface area contributed by atoms with E-state index in [1.54, 1.807) is 11.8 Å². The summed E-state index contributed by atoms with van der Waals surface area (Å²) in [4.78, 5) is 15.4. The van der Waals surface area contributed by atoms with Crippen molar-refractivity contribution < 1.29 is 9.53 Å². The van der Waals surface area contributed by atoms with Crippen LogP contribution in [0, 0.1) is 0 Å². The van der Waals surface area contributed by atoms with Gasteiger partial charge in [-0.2, -0.15) is 0 Å². The van der Waals surface area contributed by atoms with Crippen LogP contribution in [0.4, 0.5) is 10.8 Å². The van der Waals surface area contributed by atoms with Gasteiger partial charge in [0.1, 0.15) is 0 Å². The van der Waals surface area contributed by atoms with Gasteiger partial charge in [0.25, 0.3) is 0 Å². The van der Waals surface area contributed by atoms with E-state index in [1.807, 2.05) is 30.5 Å². The Morgan fingerprint density at radius 3 is 3.00 bits per heavy atom. The standard InChI is InChI=1S/C15H18N4O2S3/c1-22-12-4-2-3-11(9-12)16-13(20)10-23-15-18-17-14(24-15)19-5-7-21-8-6-19/h2-4,9H,5-8,10H2,1H3,(H,16,20). The monoisotopic (exact) mass is 382 g/mol. The Kier molecular flexibility index (Phi) is 6.36. The SMILES string of the molecule is CSc1cccc(NC(=O)CSc2nnc(N3CCOCC3)s2)c1. The lowest BCUT2D eigenvalue weighted by atomic mass is 10.3. The van der Waals surface area contributed by atoms with Crippen LogP contribution in [-0.2, 0) is 9.53 Å². The van der Waals surface area contributed by atoms with Crippen molar-refractivity contribution in [1.82, 2.24) is 10.2 Å². The summed E-state index contributed by atoms with van der Waals surface area (Å²) in [6.45, 7) is 3.12. The number of benzene rings is 1. The number of ether oxygens (including phenoxy) is 1. The molecule has 0 bridgehead atoms. The molecule has 3 rings (SSSR count). The van der Waals surface area contributed by atoms with Gasteiger partial charge < -0.3 is 15.0 Å². The summed E-state index contributed by atoms with van der Waals surface area (Å²) in [6, 6.07) is 7.82. The van der Waals surface area contributed by atoms with Gasteiger partial charge in [-0.15, -0.1) is 22.0 Å². The lowest BCUT2D eigenvalue weighted by Crippen LogP contribution is -2.36. The van der Waals surface area contributed by atoms with Crippen molar-refractivity contribution in [2.75, 3.05) is 48.5 Å². The molecule has 1 fully saturated rings. The molecule has 128 valence electrons. The number of hydrogen-bond donors (Lipinski definition) is 1. The number of rotatable bonds is 6. The highest BCUT2D eigenvalue weighted by Crippen LogP contribution is 2.28. The van der Waals surface area contributed by atoms with Crippen molar-refractivity contribution in [3.63, 3.8) is 0 Å². The molecule has 1 aromatic carbocycles. The molecule has 1 amide bonds. The van der Waals surface area contributed by atoms with Crippen LogP contribution in [0.25, 0.3) is 0 Å². The summed E-state index contributed by atoms with van der Waals surface area (Å²) in [5, 5.41) is 12.2.